The van der Waals surface area contributed by atoms with Gasteiger partial charge in [0.2, 0.25) is 0 Å². The Morgan fingerprint density at radius 2 is 1.70 bits per heavy atom. The second-order valence-electron chi connectivity index (χ2n) is 8.45. The van der Waals surface area contributed by atoms with E-state index in [2.05, 4.69) is 29.8 Å². The third kappa shape index (κ3) is 8.39. The Bertz CT molecular complexity index is 920. The van der Waals surface area contributed by atoms with Gasteiger partial charge in [0.25, 0.3) is 0 Å². The smallest absolute Gasteiger partial charge is 0.133 e. The standard InChI is InChI=1S/C24H33BrClN3O4/c1-16(27)12-29(28)13-20(31)15-32-21-7-4-17(5-8-21)24(2,3)18-6-9-23(22(25)10-18)33-14-19(30)11-26/h4-10,12,19-20,30-31H,11,13-15,27-28H2,1-3H3/b16-12-. The molecule has 0 spiro atoms. The highest BCUT2D eigenvalue weighted by Crippen LogP contribution is 2.36. The first-order chi connectivity index (χ1) is 15.5. The zero-order valence-corrected chi connectivity index (χ0v) is 21.5. The number of benzene rings is 2. The van der Waals surface area contributed by atoms with Crippen LogP contribution in [0.15, 0.2) is 58.8 Å². The molecule has 182 valence electrons. The van der Waals surface area contributed by atoms with Gasteiger partial charge in [-0.2, -0.15) is 0 Å². The molecule has 2 unspecified atom stereocenters. The third-order valence-corrected chi connectivity index (χ3v) is 6.05. The summed E-state index contributed by atoms with van der Waals surface area (Å²) in [7, 11) is 0. The molecule has 0 aliphatic heterocycles. The molecule has 0 amide bonds. The monoisotopic (exact) mass is 541 g/mol. The largest absolute Gasteiger partial charge is 0.491 e. The lowest BCUT2D eigenvalue weighted by Crippen LogP contribution is -2.37. The summed E-state index contributed by atoms with van der Waals surface area (Å²) >= 11 is 9.17. The van der Waals surface area contributed by atoms with Crippen LogP contribution in [-0.4, -0.2) is 53.1 Å². The molecule has 0 bridgehead atoms. The number of nitrogens with two attached hydrogens (primary N) is 2. The van der Waals surface area contributed by atoms with Crippen molar-refractivity contribution in [1.82, 2.24) is 5.01 Å². The molecule has 0 aliphatic rings. The number of alkyl halides is 1. The van der Waals surface area contributed by atoms with E-state index in [1.807, 2.05) is 42.5 Å². The third-order valence-electron chi connectivity index (χ3n) is 5.07. The molecular formula is C24H33BrClN3O4. The van der Waals surface area contributed by atoms with Gasteiger partial charge in [0.15, 0.2) is 0 Å². The van der Waals surface area contributed by atoms with Crippen molar-refractivity contribution in [2.45, 2.75) is 38.4 Å². The summed E-state index contributed by atoms with van der Waals surface area (Å²) in [5.74, 6) is 7.19. The lowest BCUT2D eigenvalue weighted by Gasteiger charge is -2.27. The van der Waals surface area contributed by atoms with E-state index in [-0.39, 0.29) is 31.1 Å². The summed E-state index contributed by atoms with van der Waals surface area (Å²) in [5, 5.41) is 21.0. The van der Waals surface area contributed by atoms with Gasteiger partial charge in [0, 0.05) is 17.3 Å². The maximum Gasteiger partial charge on any atom is 0.133 e. The second-order valence-corrected chi connectivity index (χ2v) is 9.61. The average Bonchev–Trinajstić information content (AvgIpc) is 2.76. The number of allylic oxidation sites excluding steroid dienone is 1. The van der Waals surface area contributed by atoms with Crippen LogP contribution >= 0.6 is 27.5 Å². The molecule has 33 heavy (non-hydrogen) atoms. The molecular weight excluding hydrogens is 510 g/mol. The van der Waals surface area contributed by atoms with E-state index in [0.29, 0.717) is 17.2 Å². The molecule has 0 saturated carbocycles. The summed E-state index contributed by atoms with van der Waals surface area (Å²) in [6.07, 6.45) is 0.0865. The van der Waals surface area contributed by atoms with E-state index in [4.69, 9.17) is 32.7 Å². The Hall–Kier alpha value is -1.97. The zero-order chi connectivity index (χ0) is 24.6. The molecule has 0 saturated heterocycles. The number of rotatable bonds is 12. The Morgan fingerprint density at radius 3 is 2.27 bits per heavy atom. The minimum atomic E-state index is -0.759. The van der Waals surface area contributed by atoms with E-state index in [0.717, 1.165) is 15.6 Å². The minimum absolute atomic E-state index is 0.112. The zero-order valence-electron chi connectivity index (χ0n) is 19.2. The van der Waals surface area contributed by atoms with Crippen LogP contribution in [0.1, 0.15) is 31.9 Å². The number of nitrogens with zero attached hydrogens (tertiary/aromatic N) is 1. The molecule has 9 heteroatoms. The van der Waals surface area contributed by atoms with Crippen molar-refractivity contribution in [3.63, 3.8) is 0 Å². The van der Waals surface area contributed by atoms with E-state index in [1.54, 1.807) is 13.1 Å². The van der Waals surface area contributed by atoms with Gasteiger partial charge in [-0.1, -0.05) is 32.0 Å². The van der Waals surface area contributed by atoms with E-state index < -0.39 is 12.2 Å². The molecule has 2 aromatic rings. The highest BCUT2D eigenvalue weighted by atomic mass is 79.9. The summed E-state index contributed by atoms with van der Waals surface area (Å²) < 4.78 is 12.1. The summed E-state index contributed by atoms with van der Waals surface area (Å²) in [6, 6.07) is 13.7. The van der Waals surface area contributed by atoms with Crippen LogP contribution in [-0.2, 0) is 5.41 Å². The van der Waals surface area contributed by atoms with Crippen molar-refractivity contribution in [2.75, 3.05) is 25.6 Å². The molecule has 0 heterocycles. The van der Waals surface area contributed by atoms with Crippen molar-refractivity contribution < 1.29 is 19.7 Å². The van der Waals surface area contributed by atoms with Crippen LogP contribution in [0.4, 0.5) is 0 Å². The molecule has 2 aromatic carbocycles. The molecule has 0 aromatic heterocycles. The topological polar surface area (TPSA) is 114 Å². The number of aliphatic hydroxyl groups excluding tert-OH is 2. The second kappa shape index (κ2) is 12.5. The molecule has 2 rings (SSSR count). The van der Waals surface area contributed by atoms with Crippen LogP contribution in [0.3, 0.4) is 0 Å². The highest BCUT2D eigenvalue weighted by molar-refractivity contribution is 9.10. The molecule has 7 nitrogen and oxygen atoms in total. The quantitative estimate of drug-likeness (QED) is 0.184. The number of ether oxygens (including phenoxy) is 2. The van der Waals surface area contributed by atoms with Crippen molar-refractivity contribution >= 4 is 27.5 Å². The Kier molecular flexibility index (Phi) is 10.3. The fourth-order valence-electron chi connectivity index (χ4n) is 3.17. The maximum absolute atomic E-state index is 10.1. The first kappa shape index (κ1) is 27.3. The fourth-order valence-corrected chi connectivity index (χ4v) is 3.76. The van der Waals surface area contributed by atoms with Gasteiger partial charge < -0.3 is 30.4 Å². The van der Waals surface area contributed by atoms with Gasteiger partial charge in [-0.05, 0) is 58.2 Å². The Labute approximate surface area is 209 Å². The van der Waals surface area contributed by atoms with Gasteiger partial charge in [-0.3, -0.25) is 0 Å². The molecule has 0 fully saturated rings. The lowest BCUT2D eigenvalue weighted by atomic mass is 9.78. The van der Waals surface area contributed by atoms with E-state index >= 15 is 0 Å². The Morgan fingerprint density at radius 1 is 1.09 bits per heavy atom. The van der Waals surface area contributed by atoms with Crippen molar-refractivity contribution in [3.8, 4) is 11.5 Å². The number of halogens is 2. The number of hydrogen-bond acceptors (Lipinski definition) is 7. The van der Waals surface area contributed by atoms with Gasteiger partial charge in [0.1, 0.15) is 36.9 Å². The van der Waals surface area contributed by atoms with Crippen molar-refractivity contribution in [1.29, 1.82) is 0 Å². The highest BCUT2D eigenvalue weighted by Gasteiger charge is 2.24. The van der Waals surface area contributed by atoms with Crippen LogP contribution in [0.2, 0.25) is 0 Å². The van der Waals surface area contributed by atoms with Crippen LogP contribution < -0.4 is 21.1 Å². The summed E-state index contributed by atoms with van der Waals surface area (Å²) in [5.41, 5.74) is 8.05. The summed E-state index contributed by atoms with van der Waals surface area (Å²) in [6.45, 7) is 6.44. The van der Waals surface area contributed by atoms with Crippen LogP contribution in [0, 0.1) is 0 Å². The number of hydrazine groups is 1. The fraction of sp³-hybridized carbons (Fsp3) is 0.417. The first-order valence-corrected chi connectivity index (χ1v) is 11.9. The van der Waals surface area contributed by atoms with Gasteiger partial charge in [0.05, 0.1) is 16.9 Å². The Balaban J connectivity index is 2.01. The predicted octanol–water partition coefficient (Wildman–Crippen LogP) is 3.49. The number of hydrogen-bond donors (Lipinski definition) is 4. The SMILES string of the molecule is C/C(N)=C/N(N)CC(O)COc1ccc(C(C)(C)c2ccc(OCC(O)CCl)c(Br)c2)cc1. The van der Waals surface area contributed by atoms with Crippen LogP contribution in [0.25, 0.3) is 0 Å². The molecule has 2 atom stereocenters. The van der Waals surface area contributed by atoms with Crippen LogP contribution in [0.5, 0.6) is 11.5 Å². The normalized spacial score (nSPS) is 14.0. The van der Waals surface area contributed by atoms with Gasteiger partial charge >= 0.3 is 0 Å². The molecule has 6 N–H and O–H groups in total. The van der Waals surface area contributed by atoms with E-state index in [1.165, 1.54) is 5.01 Å². The molecule has 0 aliphatic carbocycles. The lowest BCUT2D eigenvalue weighted by molar-refractivity contribution is 0.0817. The summed E-state index contributed by atoms with van der Waals surface area (Å²) in [4.78, 5) is 0. The molecule has 0 radical (unpaired) electrons. The minimum Gasteiger partial charge on any atom is -0.491 e. The average molecular weight is 543 g/mol. The van der Waals surface area contributed by atoms with Gasteiger partial charge in [-0.25, -0.2) is 5.84 Å². The maximum atomic E-state index is 10.1. The van der Waals surface area contributed by atoms with Gasteiger partial charge in [-0.15, -0.1) is 11.6 Å². The predicted molar refractivity (Wildman–Crippen MR) is 135 cm³/mol. The van der Waals surface area contributed by atoms with E-state index in [9.17, 15) is 10.2 Å². The number of aliphatic hydroxyl groups is 2. The first-order valence-electron chi connectivity index (χ1n) is 10.6. The van der Waals surface area contributed by atoms with Crippen molar-refractivity contribution in [2.24, 2.45) is 11.6 Å². The van der Waals surface area contributed by atoms with Crippen molar-refractivity contribution in [3.05, 3.63) is 70.0 Å².